The molecule has 1 amide bonds. The van der Waals surface area contributed by atoms with Gasteiger partial charge in [-0.3, -0.25) is 4.79 Å². The number of hydrogen-bond donors (Lipinski definition) is 0. The number of nitrogens with zero attached hydrogens (tertiary/aromatic N) is 3. The van der Waals surface area contributed by atoms with E-state index in [0.717, 1.165) is 23.3 Å². The van der Waals surface area contributed by atoms with Gasteiger partial charge in [-0.25, -0.2) is 0 Å². The molecule has 5 nitrogen and oxygen atoms in total. The number of carbonyl (C=O) groups is 1. The lowest BCUT2D eigenvalue weighted by molar-refractivity contribution is 0.0714. The van der Waals surface area contributed by atoms with Crippen molar-refractivity contribution < 1.29 is 9.21 Å². The minimum absolute atomic E-state index is 0.00334. The van der Waals surface area contributed by atoms with Gasteiger partial charge in [0.1, 0.15) is 0 Å². The zero-order valence-corrected chi connectivity index (χ0v) is 16.3. The van der Waals surface area contributed by atoms with Gasteiger partial charge < -0.3 is 9.32 Å². The molecule has 1 aromatic heterocycles. The molecule has 0 aliphatic heterocycles. The Morgan fingerprint density at radius 2 is 1.85 bits per heavy atom. The van der Waals surface area contributed by atoms with Crippen molar-refractivity contribution in [2.75, 3.05) is 6.26 Å². The largest absolute Gasteiger partial charge is 0.419 e. The number of hydrogen-bond acceptors (Lipinski definition) is 5. The number of rotatable bonds is 6. The van der Waals surface area contributed by atoms with Gasteiger partial charge in [-0.05, 0) is 67.6 Å². The van der Waals surface area contributed by atoms with Crippen molar-refractivity contribution in [3.63, 3.8) is 0 Å². The highest BCUT2D eigenvalue weighted by Crippen LogP contribution is 2.30. The standard InChI is InChI=1S/C20H18ClN3O2S/c1-27-17-10-4-14(5-11-17)20(25)24(16-8-9-16)12-18-22-23-19(26-18)13-2-6-15(21)7-3-13/h2-7,10-11,16H,8-9,12H2,1H3. The van der Waals surface area contributed by atoms with E-state index in [2.05, 4.69) is 10.2 Å². The molecule has 1 aliphatic rings. The van der Waals surface area contributed by atoms with Gasteiger partial charge in [-0.2, -0.15) is 0 Å². The van der Waals surface area contributed by atoms with E-state index < -0.39 is 0 Å². The normalized spacial score (nSPS) is 13.6. The summed E-state index contributed by atoms with van der Waals surface area (Å²) in [7, 11) is 0. The van der Waals surface area contributed by atoms with E-state index in [1.807, 2.05) is 47.6 Å². The lowest BCUT2D eigenvalue weighted by atomic mass is 10.2. The monoisotopic (exact) mass is 399 g/mol. The minimum Gasteiger partial charge on any atom is -0.419 e. The molecular formula is C20H18ClN3O2S. The molecule has 0 unspecified atom stereocenters. The number of carbonyl (C=O) groups excluding carboxylic acids is 1. The molecule has 1 fully saturated rings. The summed E-state index contributed by atoms with van der Waals surface area (Å²) in [5.74, 6) is 0.853. The van der Waals surface area contributed by atoms with Crippen LogP contribution in [0.5, 0.6) is 0 Å². The van der Waals surface area contributed by atoms with Crippen molar-refractivity contribution in [2.45, 2.75) is 30.3 Å². The van der Waals surface area contributed by atoms with Crippen LogP contribution in [0, 0.1) is 0 Å². The topological polar surface area (TPSA) is 59.2 Å². The molecule has 3 aromatic rings. The maximum Gasteiger partial charge on any atom is 0.254 e. The molecule has 0 radical (unpaired) electrons. The van der Waals surface area contributed by atoms with Crippen LogP contribution in [-0.2, 0) is 6.54 Å². The van der Waals surface area contributed by atoms with Gasteiger partial charge in [0.25, 0.3) is 5.91 Å². The Labute approximate surface area is 166 Å². The van der Waals surface area contributed by atoms with Crippen molar-refractivity contribution in [1.29, 1.82) is 0 Å². The lowest BCUT2D eigenvalue weighted by Gasteiger charge is -2.20. The Kier molecular flexibility index (Phi) is 5.18. The first-order chi connectivity index (χ1) is 13.1. The average Bonchev–Trinajstić information content (AvgIpc) is 3.44. The van der Waals surface area contributed by atoms with Gasteiger partial charge in [0, 0.05) is 27.1 Å². The molecule has 7 heteroatoms. The van der Waals surface area contributed by atoms with E-state index >= 15 is 0 Å². The van der Waals surface area contributed by atoms with Crippen LogP contribution in [0.2, 0.25) is 5.02 Å². The summed E-state index contributed by atoms with van der Waals surface area (Å²) >= 11 is 7.57. The maximum atomic E-state index is 13.0. The van der Waals surface area contributed by atoms with E-state index in [-0.39, 0.29) is 11.9 Å². The van der Waals surface area contributed by atoms with E-state index in [1.54, 1.807) is 23.9 Å². The van der Waals surface area contributed by atoms with Crippen molar-refractivity contribution >= 4 is 29.3 Å². The van der Waals surface area contributed by atoms with E-state index in [1.165, 1.54) is 0 Å². The third-order valence-corrected chi connectivity index (χ3v) is 5.44. The van der Waals surface area contributed by atoms with Crippen LogP contribution >= 0.6 is 23.4 Å². The second kappa shape index (κ2) is 7.74. The molecule has 1 saturated carbocycles. The van der Waals surface area contributed by atoms with Crippen LogP contribution in [0.1, 0.15) is 29.1 Å². The second-order valence-corrected chi connectivity index (χ2v) is 7.72. The van der Waals surface area contributed by atoms with Crippen LogP contribution in [0.15, 0.2) is 57.8 Å². The minimum atomic E-state index is -0.00334. The summed E-state index contributed by atoms with van der Waals surface area (Å²) in [6.45, 7) is 0.314. The van der Waals surface area contributed by atoms with Crippen LogP contribution < -0.4 is 0 Å². The van der Waals surface area contributed by atoms with Gasteiger partial charge in [-0.1, -0.05) is 11.6 Å². The molecule has 0 atom stereocenters. The Morgan fingerprint density at radius 3 is 2.48 bits per heavy atom. The van der Waals surface area contributed by atoms with Gasteiger partial charge in [0.2, 0.25) is 11.8 Å². The molecule has 0 saturated heterocycles. The summed E-state index contributed by atoms with van der Waals surface area (Å²) in [4.78, 5) is 15.9. The van der Waals surface area contributed by atoms with Crippen LogP contribution in [0.25, 0.3) is 11.5 Å². The van der Waals surface area contributed by atoms with Crippen molar-refractivity contribution in [3.8, 4) is 11.5 Å². The third kappa shape index (κ3) is 4.17. The van der Waals surface area contributed by atoms with Crippen LogP contribution in [-0.4, -0.2) is 33.3 Å². The SMILES string of the molecule is CSc1ccc(C(=O)N(Cc2nnc(-c3ccc(Cl)cc3)o2)C2CC2)cc1. The molecule has 2 aromatic carbocycles. The summed E-state index contributed by atoms with van der Waals surface area (Å²) in [6, 6.07) is 15.1. The molecular weight excluding hydrogens is 382 g/mol. The first-order valence-electron chi connectivity index (χ1n) is 8.67. The summed E-state index contributed by atoms with van der Waals surface area (Å²) < 4.78 is 5.78. The number of aromatic nitrogens is 2. The highest BCUT2D eigenvalue weighted by Gasteiger charge is 2.34. The zero-order valence-electron chi connectivity index (χ0n) is 14.8. The molecule has 1 heterocycles. The fourth-order valence-electron chi connectivity index (χ4n) is 2.82. The second-order valence-electron chi connectivity index (χ2n) is 6.40. The number of amides is 1. The third-order valence-electron chi connectivity index (χ3n) is 4.45. The molecule has 0 bridgehead atoms. The average molecular weight is 400 g/mol. The summed E-state index contributed by atoms with van der Waals surface area (Å²) in [5, 5.41) is 8.87. The summed E-state index contributed by atoms with van der Waals surface area (Å²) in [5.41, 5.74) is 1.48. The maximum absolute atomic E-state index is 13.0. The number of benzene rings is 2. The fourth-order valence-corrected chi connectivity index (χ4v) is 3.36. The quantitative estimate of drug-likeness (QED) is 0.551. The smallest absolute Gasteiger partial charge is 0.254 e. The fraction of sp³-hybridized carbons (Fsp3) is 0.250. The molecule has 0 N–H and O–H groups in total. The highest BCUT2D eigenvalue weighted by atomic mass is 35.5. The van der Waals surface area contributed by atoms with Gasteiger partial charge in [-0.15, -0.1) is 22.0 Å². The van der Waals surface area contributed by atoms with Crippen LogP contribution in [0.4, 0.5) is 0 Å². The predicted octanol–water partition coefficient (Wildman–Crippen LogP) is 4.92. The predicted molar refractivity (Wildman–Crippen MR) is 106 cm³/mol. The molecule has 27 heavy (non-hydrogen) atoms. The molecule has 138 valence electrons. The first kappa shape index (κ1) is 18.1. The van der Waals surface area contributed by atoms with Gasteiger partial charge in [0.05, 0.1) is 6.54 Å². The summed E-state index contributed by atoms with van der Waals surface area (Å²) in [6.07, 6.45) is 4.03. The Hall–Kier alpha value is -2.31. The van der Waals surface area contributed by atoms with Crippen LogP contribution in [0.3, 0.4) is 0 Å². The molecule has 0 spiro atoms. The Balaban J connectivity index is 1.52. The van der Waals surface area contributed by atoms with E-state index in [0.29, 0.717) is 28.9 Å². The Bertz CT molecular complexity index is 937. The lowest BCUT2D eigenvalue weighted by Crippen LogP contribution is -2.32. The van der Waals surface area contributed by atoms with Gasteiger partial charge >= 0.3 is 0 Å². The number of halogens is 1. The molecule has 1 aliphatic carbocycles. The van der Waals surface area contributed by atoms with E-state index in [4.69, 9.17) is 16.0 Å². The van der Waals surface area contributed by atoms with Crippen molar-refractivity contribution in [3.05, 3.63) is 65.0 Å². The highest BCUT2D eigenvalue weighted by molar-refractivity contribution is 7.98. The Morgan fingerprint density at radius 1 is 1.15 bits per heavy atom. The van der Waals surface area contributed by atoms with Crippen molar-refractivity contribution in [1.82, 2.24) is 15.1 Å². The first-order valence-corrected chi connectivity index (χ1v) is 10.3. The molecule has 4 rings (SSSR count). The van der Waals surface area contributed by atoms with E-state index in [9.17, 15) is 4.79 Å². The number of thioether (sulfide) groups is 1. The zero-order chi connectivity index (χ0) is 18.8. The van der Waals surface area contributed by atoms with Gasteiger partial charge in [0.15, 0.2) is 0 Å². The van der Waals surface area contributed by atoms with Crippen molar-refractivity contribution in [2.24, 2.45) is 0 Å².